The fourth-order valence-corrected chi connectivity index (χ4v) is 1.99. The lowest BCUT2D eigenvalue weighted by Crippen LogP contribution is -2.02. The first kappa shape index (κ1) is 12.1. The van der Waals surface area contributed by atoms with Gasteiger partial charge in [-0.1, -0.05) is 0 Å². The van der Waals surface area contributed by atoms with Gasteiger partial charge in [-0.3, -0.25) is 0 Å². The second-order valence-electron chi connectivity index (χ2n) is 3.88. The van der Waals surface area contributed by atoms with Gasteiger partial charge >= 0.3 is 0 Å². The van der Waals surface area contributed by atoms with Crippen LogP contribution in [0.5, 0.6) is 0 Å². The molecule has 0 saturated heterocycles. The molecule has 6 heteroatoms. The van der Waals surface area contributed by atoms with Crippen LogP contribution in [0.25, 0.3) is 17.3 Å². The summed E-state index contributed by atoms with van der Waals surface area (Å²) in [5, 5.41) is 4.33. The van der Waals surface area contributed by atoms with Crippen LogP contribution in [-0.2, 0) is 6.67 Å². The number of pyridine rings is 1. The SMILES string of the molecule is FCc1cc(-c2ccco2)nn1-c1ccc(Br)cn1. The molecule has 19 heavy (non-hydrogen) atoms. The molecule has 0 aliphatic rings. The number of hydrogen-bond donors (Lipinski definition) is 0. The molecule has 0 aromatic carbocycles. The maximum Gasteiger partial charge on any atom is 0.154 e. The number of furan rings is 1. The fourth-order valence-electron chi connectivity index (χ4n) is 1.75. The van der Waals surface area contributed by atoms with E-state index in [-0.39, 0.29) is 0 Å². The zero-order valence-electron chi connectivity index (χ0n) is 9.75. The van der Waals surface area contributed by atoms with E-state index in [9.17, 15) is 4.39 Å². The lowest BCUT2D eigenvalue weighted by atomic mass is 10.3. The van der Waals surface area contributed by atoms with Gasteiger partial charge in [-0.05, 0) is 46.3 Å². The average molecular weight is 322 g/mol. The van der Waals surface area contributed by atoms with E-state index in [0.29, 0.717) is 23.0 Å². The van der Waals surface area contributed by atoms with E-state index < -0.39 is 6.67 Å². The largest absolute Gasteiger partial charge is 0.463 e. The predicted molar refractivity (Wildman–Crippen MR) is 71.6 cm³/mol. The molecule has 0 aliphatic heterocycles. The highest BCUT2D eigenvalue weighted by atomic mass is 79.9. The minimum absolute atomic E-state index is 0.432. The number of rotatable bonds is 3. The van der Waals surface area contributed by atoms with Gasteiger partial charge in [0, 0.05) is 10.7 Å². The van der Waals surface area contributed by atoms with Crippen LogP contribution in [0, 0.1) is 0 Å². The van der Waals surface area contributed by atoms with E-state index in [4.69, 9.17) is 4.42 Å². The summed E-state index contributed by atoms with van der Waals surface area (Å²) < 4.78 is 20.7. The number of halogens is 2. The van der Waals surface area contributed by atoms with Gasteiger partial charge in [0.25, 0.3) is 0 Å². The van der Waals surface area contributed by atoms with E-state index in [0.717, 1.165) is 4.47 Å². The molecule has 0 atom stereocenters. The molecule has 0 bridgehead atoms. The molecule has 3 rings (SSSR count). The second-order valence-corrected chi connectivity index (χ2v) is 4.79. The van der Waals surface area contributed by atoms with Crippen LogP contribution < -0.4 is 0 Å². The summed E-state index contributed by atoms with van der Waals surface area (Å²) in [5.41, 5.74) is 1.02. The van der Waals surface area contributed by atoms with Gasteiger partial charge in [-0.15, -0.1) is 0 Å². The fraction of sp³-hybridized carbons (Fsp3) is 0.0769. The van der Waals surface area contributed by atoms with Crippen LogP contribution in [0.4, 0.5) is 4.39 Å². The third kappa shape index (κ3) is 2.31. The summed E-state index contributed by atoms with van der Waals surface area (Å²) in [6, 6.07) is 8.80. The van der Waals surface area contributed by atoms with Crippen molar-refractivity contribution < 1.29 is 8.81 Å². The lowest BCUT2D eigenvalue weighted by Gasteiger charge is -2.03. The first-order chi connectivity index (χ1) is 9.28. The van der Waals surface area contributed by atoms with Gasteiger partial charge in [0.1, 0.15) is 12.4 Å². The molecule has 3 heterocycles. The molecule has 96 valence electrons. The minimum atomic E-state index is -0.620. The first-order valence-corrected chi connectivity index (χ1v) is 6.38. The molecule has 0 fully saturated rings. The van der Waals surface area contributed by atoms with E-state index in [1.165, 1.54) is 4.68 Å². The minimum Gasteiger partial charge on any atom is -0.463 e. The van der Waals surface area contributed by atoms with Crippen LogP contribution in [0.2, 0.25) is 0 Å². The number of aromatic nitrogens is 3. The summed E-state index contributed by atoms with van der Waals surface area (Å²) in [5.74, 6) is 1.17. The van der Waals surface area contributed by atoms with Crippen molar-refractivity contribution in [3.05, 3.63) is 53.0 Å². The summed E-state index contributed by atoms with van der Waals surface area (Å²) in [6.45, 7) is -0.620. The molecule has 0 N–H and O–H groups in total. The maximum atomic E-state index is 13.1. The molecule has 0 aliphatic carbocycles. The Kier molecular flexibility index (Phi) is 3.16. The summed E-state index contributed by atoms with van der Waals surface area (Å²) in [6.07, 6.45) is 3.20. The smallest absolute Gasteiger partial charge is 0.154 e. The Bertz CT molecular complexity index is 676. The average Bonchev–Trinajstić information content (AvgIpc) is 3.08. The van der Waals surface area contributed by atoms with Crippen molar-refractivity contribution in [1.82, 2.24) is 14.8 Å². The van der Waals surface area contributed by atoms with Crippen LogP contribution in [0.1, 0.15) is 5.69 Å². The molecular weight excluding hydrogens is 313 g/mol. The van der Waals surface area contributed by atoms with Gasteiger partial charge < -0.3 is 4.42 Å². The third-order valence-electron chi connectivity index (χ3n) is 2.62. The van der Waals surface area contributed by atoms with Gasteiger partial charge in [-0.25, -0.2) is 14.1 Å². The predicted octanol–water partition coefficient (Wildman–Crippen LogP) is 3.76. The first-order valence-electron chi connectivity index (χ1n) is 5.58. The molecule has 0 saturated carbocycles. The van der Waals surface area contributed by atoms with Crippen molar-refractivity contribution in [3.8, 4) is 17.3 Å². The highest BCUT2D eigenvalue weighted by Gasteiger charge is 2.13. The molecule has 3 aromatic rings. The van der Waals surface area contributed by atoms with Gasteiger partial charge in [0.15, 0.2) is 11.6 Å². The van der Waals surface area contributed by atoms with Crippen molar-refractivity contribution >= 4 is 15.9 Å². The monoisotopic (exact) mass is 321 g/mol. The molecular formula is C13H9BrFN3O. The van der Waals surface area contributed by atoms with E-state index in [1.54, 1.807) is 36.7 Å². The highest BCUT2D eigenvalue weighted by Crippen LogP contribution is 2.22. The Morgan fingerprint density at radius 2 is 2.21 bits per heavy atom. The summed E-state index contributed by atoms with van der Waals surface area (Å²) in [4.78, 5) is 4.21. The van der Waals surface area contributed by atoms with Crippen LogP contribution in [0.3, 0.4) is 0 Å². The Labute approximate surface area is 117 Å². The normalized spacial score (nSPS) is 10.8. The Hall–Kier alpha value is -1.95. The van der Waals surface area contributed by atoms with Crippen molar-refractivity contribution in [3.63, 3.8) is 0 Å². The second kappa shape index (κ2) is 4.97. The molecule has 0 radical (unpaired) electrons. The quantitative estimate of drug-likeness (QED) is 0.737. The van der Waals surface area contributed by atoms with Crippen LogP contribution in [0.15, 0.2) is 51.7 Å². The van der Waals surface area contributed by atoms with Crippen molar-refractivity contribution in [2.75, 3.05) is 0 Å². The van der Waals surface area contributed by atoms with Gasteiger partial charge in [0.05, 0.1) is 12.0 Å². The number of alkyl halides is 1. The number of hydrogen-bond acceptors (Lipinski definition) is 3. The zero-order chi connectivity index (χ0) is 13.2. The van der Waals surface area contributed by atoms with Gasteiger partial charge in [-0.2, -0.15) is 5.10 Å². The van der Waals surface area contributed by atoms with E-state index in [1.807, 2.05) is 6.07 Å². The van der Waals surface area contributed by atoms with Crippen LogP contribution in [-0.4, -0.2) is 14.8 Å². The molecule has 3 aromatic heterocycles. The summed E-state index contributed by atoms with van der Waals surface area (Å²) in [7, 11) is 0. The lowest BCUT2D eigenvalue weighted by molar-refractivity contribution is 0.465. The van der Waals surface area contributed by atoms with Crippen molar-refractivity contribution in [2.45, 2.75) is 6.67 Å². The topological polar surface area (TPSA) is 43.9 Å². The maximum absolute atomic E-state index is 13.1. The van der Waals surface area contributed by atoms with Gasteiger partial charge in [0.2, 0.25) is 0 Å². The van der Waals surface area contributed by atoms with Crippen molar-refractivity contribution in [2.24, 2.45) is 0 Å². The van der Waals surface area contributed by atoms with Crippen molar-refractivity contribution in [1.29, 1.82) is 0 Å². The molecule has 0 unspecified atom stereocenters. The third-order valence-corrected chi connectivity index (χ3v) is 3.09. The molecule has 0 amide bonds. The Morgan fingerprint density at radius 3 is 2.84 bits per heavy atom. The highest BCUT2D eigenvalue weighted by molar-refractivity contribution is 9.10. The molecule has 0 spiro atoms. The zero-order valence-corrected chi connectivity index (χ0v) is 11.3. The Balaban J connectivity index is 2.08. The van der Waals surface area contributed by atoms with Crippen LogP contribution >= 0.6 is 15.9 Å². The summed E-state index contributed by atoms with van der Waals surface area (Å²) >= 11 is 3.31. The number of nitrogens with zero attached hydrogens (tertiary/aromatic N) is 3. The standard InChI is InChI=1S/C13H9BrFN3O/c14-9-3-4-13(16-8-9)18-10(7-15)6-11(17-18)12-2-1-5-19-12/h1-6,8H,7H2. The van der Waals surface area contributed by atoms with E-state index >= 15 is 0 Å². The molecule has 4 nitrogen and oxygen atoms in total. The Morgan fingerprint density at radius 1 is 1.32 bits per heavy atom. The van der Waals surface area contributed by atoms with E-state index in [2.05, 4.69) is 26.0 Å².